The molecule has 0 aliphatic rings. The van der Waals surface area contributed by atoms with E-state index in [9.17, 15) is 10.1 Å². The van der Waals surface area contributed by atoms with E-state index < -0.39 is 4.92 Å². The smallest absolute Gasteiger partial charge is 0.269 e. The molecular weight excluding hydrogens is 292 g/mol. The van der Waals surface area contributed by atoms with E-state index in [2.05, 4.69) is 5.32 Å². The van der Waals surface area contributed by atoms with Crippen LogP contribution in [0.5, 0.6) is 0 Å². The van der Waals surface area contributed by atoms with Crippen molar-refractivity contribution in [2.45, 2.75) is 13.2 Å². The van der Waals surface area contributed by atoms with Gasteiger partial charge in [0.15, 0.2) is 0 Å². The molecule has 0 aromatic heterocycles. The summed E-state index contributed by atoms with van der Waals surface area (Å²) in [6.07, 6.45) is 0. The Balaban J connectivity index is 2.05. The largest absolute Gasteiger partial charge is 0.388 e. The maximum Gasteiger partial charge on any atom is 0.269 e. The number of anilines is 1. The van der Waals surface area contributed by atoms with E-state index in [0.29, 0.717) is 11.6 Å². The van der Waals surface area contributed by atoms with Crippen molar-refractivity contribution in [3.8, 4) is 0 Å². The van der Waals surface area contributed by atoms with Crippen LogP contribution < -0.4 is 5.32 Å². The molecule has 0 unspecified atom stereocenters. The Kier molecular flexibility index (Phi) is 5.14. The summed E-state index contributed by atoms with van der Waals surface area (Å²) in [4.78, 5) is 10.4. The first-order valence-electron chi connectivity index (χ1n) is 6.37. The van der Waals surface area contributed by atoms with Crippen molar-refractivity contribution < 1.29 is 9.66 Å². The quantitative estimate of drug-likeness (QED) is 0.647. The lowest BCUT2D eigenvalue weighted by molar-refractivity contribution is -0.384. The van der Waals surface area contributed by atoms with Gasteiger partial charge in [-0.1, -0.05) is 23.7 Å². The van der Waals surface area contributed by atoms with E-state index in [-0.39, 0.29) is 12.3 Å². The van der Waals surface area contributed by atoms with Gasteiger partial charge < -0.3 is 10.1 Å². The Morgan fingerprint density at radius 3 is 2.71 bits per heavy atom. The summed E-state index contributed by atoms with van der Waals surface area (Å²) < 4.78 is 5.62. The zero-order valence-corrected chi connectivity index (χ0v) is 12.3. The van der Waals surface area contributed by atoms with Crippen molar-refractivity contribution in [2.24, 2.45) is 0 Å². The molecule has 0 atom stereocenters. The molecule has 21 heavy (non-hydrogen) atoms. The summed E-state index contributed by atoms with van der Waals surface area (Å²) in [7, 11) is 1.77. The average molecular weight is 307 g/mol. The molecule has 0 spiro atoms. The SMILES string of the molecule is CNc1ccc([N+](=O)[O-])cc1COCc1cccc(Cl)c1. The van der Waals surface area contributed by atoms with Gasteiger partial charge in [0, 0.05) is 35.5 Å². The Morgan fingerprint density at radius 1 is 1.24 bits per heavy atom. The zero-order valence-electron chi connectivity index (χ0n) is 11.5. The summed E-state index contributed by atoms with van der Waals surface area (Å²) >= 11 is 5.90. The van der Waals surface area contributed by atoms with Crippen molar-refractivity contribution in [3.05, 3.63) is 68.7 Å². The minimum Gasteiger partial charge on any atom is -0.388 e. The number of rotatable bonds is 6. The molecule has 2 aromatic rings. The normalized spacial score (nSPS) is 10.4. The maximum atomic E-state index is 10.8. The topological polar surface area (TPSA) is 64.4 Å². The predicted octanol–water partition coefficient (Wildman–Crippen LogP) is 4.01. The Bertz CT molecular complexity index is 647. The molecule has 0 saturated carbocycles. The molecule has 0 bridgehead atoms. The van der Waals surface area contributed by atoms with E-state index in [1.165, 1.54) is 12.1 Å². The molecule has 0 amide bonds. The molecule has 0 radical (unpaired) electrons. The van der Waals surface area contributed by atoms with Crippen LogP contribution in [0.2, 0.25) is 5.02 Å². The number of ether oxygens (including phenoxy) is 1. The van der Waals surface area contributed by atoms with Gasteiger partial charge in [-0.25, -0.2) is 0 Å². The Labute approximate surface area is 127 Å². The number of benzene rings is 2. The van der Waals surface area contributed by atoms with Crippen molar-refractivity contribution >= 4 is 23.0 Å². The van der Waals surface area contributed by atoms with Gasteiger partial charge in [-0.15, -0.1) is 0 Å². The number of nitro benzene ring substituents is 1. The Hall–Kier alpha value is -2.11. The molecule has 2 aromatic carbocycles. The molecule has 5 nitrogen and oxygen atoms in total. The highest BCUT2D eigenvalue weighted by Gasteiger charge is 2.10. The molecule has 110 valence electrons. The van der Waals surface area contributed by atoms with Gasteiger partial charge in [-0.2, -0.15) is 0 Å². The summed E-state index contributed by atoms with van der Waals surface area (Å²) in [6.45, 7) is 0.677. The fourth-order valence-corrected chi connectivity index (χ4v) is 2.18. The second kappa shape index (κ2) is 7.06. The highest BCUT2D eigenvalue weighted by Crippen LogP contribution is 2.23. The van der Waals surface area contributed by atoms with Gasteiger partial charge in [-0.3, -0.25) is 10.1 Å². The monoisotopic (exact) mass is 306 g/mol. The summed E-state index contributed by atoms with van der Waals surface area (Å²) in [6, 6.07) is 12.1. The number of nitro groups is 1. The lowest BCUT2D eigenvalue weighted by Gasteiger charge is -2.10. The van der Waals surface area contributed by atoms with E-state index in [1.54, 1.807) is 19.2 Å². The van der Waals surface area contributed by atoms with E-state index in [0.717, 1.165) is 16.8 Å². The third-order valence-electron chi connectivity index (χ3n) is 2.98. The van der Waals surface area contributed by atoms with Crippen LogP contribution in [0.15, 0.2) is 42.5 Å². The van der Waals surface area contributed by atoms with Crippen molar-refractivity contribution in [3.63, 3.8) is 0 Å². The summed E-state index contributed by atoms with van der Waals surface area (Å²) in [5.74, 6) is 0. The molecule has 0 fully saturated rings. The second-order valence-electron chi connectivity index (χ2n) is 4.47. The molecule has 0 heterocycles. The first kappa shape index (κ1) is 15.3. The van der Waals surface area contributed by atoms with Crippen molar-refractivity contribution in [2.75, 3.05) is 12.4 Å². The van der Waals surface area contributed by atoms with E-state index in [1.807, 2.05) is 18.2 Å². The fraction of sp³-hybridized carbons (Fsp3) is 0.200. The predicted molar refractivity (Wildman–Crippen MR) is 82.6 cm³/mol. The first-order chi connectivity index (χ1) is 10.1. The van der Waals surface area contributed by atoms with Crippen LogP contribution in [0.1, 0.15) is 11.1 Å². The number of non-ortho nitro benzene ring substituents is 1. The maximum absolute atomic E-state index is 10.8. The van der Waals surface area contributed by atoms with E-state index >= 15 is 0 Å². The Morgan fingerprint density at radius 2 is 2.05 bits per heavy atom. The lowest BCUT2D eigenvalue weighted by Crippen LogP contribution is -2.00. The van der Waals surface area contributed by atoms with Crippen molar-refractivity contribution in [1.29, 1.82) is 0 Å². The third kappa shape index (κ3) is 4.18. The van der Waals surface area contributed by atoms with Gasteiger partial charge in [0.2, 0.25) is 0 Å². The van der Waals surface area contributed by atoms with Crippen LogP contribution in [0.4, 0.5) is 11.4 Å². The molecule has 0 saturated heterocycles. The molecular formula is C15H15ClN2O3. The van der Waals surface area contributed by atoms with Crippen LogP contribution >= 0.6 is 11.6 Å². The first-order valence-corrected chi connectivity index (χ1v) is 6.75. The summed E-state index contributed by atoms with van der Waals surface area (Å²) in [5.41, 5.74) is 2.56. The van der Waals surface area contributed by atoms with E-state index in [4.69, 9.17) is 16.3 Å². The molecule has 1 N–H and O–H groups in total. The lowest BCUT2D eigenvalue weighted by atomic mass is 10.1. The fourth-order valence-electron chi connectivity index (χ4n) is 1.96. The van der Waals surface area contributed by atoms with Crippen LogP contribution in [0.3, 0.4) is 0 Å². The van der Waals surface area contributed by atoms with Crippen LogP contribution in [0.25, 0.3) is 0 Å². The third-order valence-corrected chi connectivity index (χ3v) is 3.22. The van der Waals surface area contributed by atoms with Gasteiger partial charge in [0.25, 0.3) is 5.69 Å². The van der Waals surface area contributed by atoms with Gasteiger partial charge in [0.1, 0.15) is 0 Å². The number of halogens is 1. The minimum absolute atomic E-state index is 0.0513. The summed E-state index contributed by atoms with van der Waals surface area (Å²) in [5, 5.41) is 14.5. The standard InChI is InChI=1S/C15H15ClN2O3/c1-17-15-6-5-14(18(19)20)8-12(15)10-21-9-11-3-2-4-13(16)7-11/h2-8,17H,9-10H2,1H3. The molecule has 0 aliphatic heterocycles. The molecule has 2 rings (SSSR count). The number of nitrogens with one attached hydrogen (secondary N) is 1. The van der Waals surface area contributed by atoms with Crippen molar-refractivity contribution in [1.82, 2.24) is 0 Å². The number of nitrogens with zero attached hydrogens (tertiary/aromatic N) is 1. The second-order valence-corrected chi connectivity index (χ2v) is 4.91. The highest BCUT2D eigenvalue weighted by atomic mass is 35.5. The minimum atomic E-state index is -0.417. The van der Waals surface area contributed by atoms with Gasteiger partial charge in [0.05, 0.1) is 18.1 Å². The zero-order chi connectivity index (χ0) is 15.2. The highest BCUT2D eigenvalue weighted by molar-refractivity contribution is 6.30. The van der Waals surface area contributed by atoms with Gasteiger partial charge >= 0.3 is 0 Å². The van der Waals surface area contributed by atoms with Crippen LogP contribution in [0, 0.1) is 10.1 Å². The van der Waals surface area contributed by atoms with Crippen LogP contribution in [-0.4, -0.2) is 12.0 Å². The number of hydrogen-bond acceptors (Lipinski definition) is 4. The molecule has 6 heteroatoms. The number of hydrogen-bond donors (Lipinski definition) is 1. The molecule has 0 aliphatic carbocycles. The average Bonchev–Trinajstić information content (AvgIpc) is 2.47. The van der Waals surface area contributed by atoms with Gasteiger partial charge in [-0.05, 0) is 23.8 Å². The van der Waals surface area contributed by atoms with Crippen LogP contribution in [-0.2, 0) is 18.0 Å².